The Morgan fingerprint density at radius 2 is 2.05 bits per heavy atom. The lowest BCUT2D eigenvalue weighted by atomic mass is 9.98. The molecule has 1 rings (SSSR count). The third kappa shape index (κ3) is 5.69. The average Bonchev–Trinajstić information content (AvgIpc) is 2.31. The van der Waals surface area contributed by atoms with Crippen LogP contribution in [0.5, 0.6) is 0 Å². The molecule has 0 fully saturated rings. The molecule has 0 atom stereocenters. The first-order chi connectivity index (χ1) is 9.19. The Morgan fingerprint density at radius 1 is 1.40 bits per heavy atom. The summed E-state index contributed by atoms with van der Waals surface area (Å²) in [5.41, 5.74) is -0.0409. The van der Waals surface area contributed by atoms with Crippen LogP contribution in [-0.2, 0) is 16.0 Å². The standard InChI is InChI=1S/C14H17BrFNO3/c1-14(2,6-5-13(19)20)17-12(18)8-9-3-4-10(15)11(16)7-9/h3-4,7H,5-6,8H2,1-2H3,(H,17,18)(H,19,20). The zero-order valence-electron chi connectivity index (χ0n) is 11.4. The van der Waals surface area contributed by atoms with E-state index in [1.165, 1.54) is 6.07 Å². The molecule has 0 spiro atoms. The predicted molar refractivity (Wildman–Crippen MR) is 76.9 cm³/mol. The van der Waals surface area contributed by atoms with Gasteiger partial charge in [-0.2, -0.15) is 0 Å². The van der Waals surface area contributed by atoms with Gasteiger partial charge in [0, 0.05) is 12.0 Å². The number of benzene rings is 1. The molecule has 0 radical (unpaired) electrons. The van der Waals surface area contributed by atoms with E-state index in [4.69, 9.17) is 5.11 Å². The molecule has 0 unspecified atom stereocenters. The first-order valence-corrected chi connectivity index (χ1v) is 6.96. The molecule has 4 nitrogen and oxygen atoms in total. The Hall–Kier alpha value is -1.43. The molecule has 0 saturated heterocycles. The first-order valence-electron chi connectivity index (χ1n) is 6.16. The number of carboxylic acids is 1. The van der Waals surface area contributed by atoms with Crippen molar-refractivity contribution in [2.75, 3.05) is 0 Å². The lowest BCUT2D eigenvalue weighted by Crippen LogP contribution is -2.44. The SMILES string of the molecule is CC(C)(CCC(=O)O)NC(=O)Cc1ccc(Br)c(F)c1. The lowest BCUT2D eigenvalue weighted by Gasteiger charge is -2.25. The predicted octanol–water partition coefficient (Wildman–Crippen LogP) is 2.89. The minimum Gasteiger partial charge on any atom is -0.481 e. The summed E-state index contributed by atoms with van der Waals surface area (Å²) in [5, 5.41) is 11.4. The summed E-state index contributed by atoms with van der Waals surface area (Å²) in [4.78, 5) is 22.4. The number of carboxylic acid groups (broad SMARTS) is 1. The zero-order valence-corrected chi connectivity index (χ0v) is 13.0. The molecule has 2 N–H and O–H groups in total. The number of hydrogen-bond donors (Lipinski definition) is 2. The van der Waals surface area contributed by atoms with E-state index in [-0.39, 0.29) is 18.7 Å². The van der Waals surface area contributed by atoms with E-state index in [9.17, 15) is 14.0 Å². The van der Waals surface area contributed by atoms with Gasteiger partial charge in [0.25, 0.3) is 0 Å². The quantitative estimate of drug-likeness (QED) is 0.832. The zero-order chi connectivity index (χ0) is 15.3. The van der Waals surface area contributed by atoms with Gasteiger partial charge in [0.15, 0.2) is 0 Å². The molecule has 20 heavy (non-hydrogen) atoms. The maximum atomic E-state index is 13.3. The van der Waals surface area contributed by atoms with E-state index in [0.29, 0.717) is 16.5 Å². The number of carbonyl (C=O) groups is 2. The van der Waals surface area contributed by atoms with Crippen molar-refractivity contribution in [1.29, 1.82) is 0 Å². The van der Waals surface area contributed by atoms with Crippen LogP contribution in [0.4, 0.5) is 4.39 Å². The summed E-state index contributed by atoms with van der Waals surface area (Å²) >= 11 is 3.05. The van der Waals surface area contributed by atoms with Gasteiger partial charge in [-0.15, -0.1) is 0 Å². The second-order valence-electron chi connectivity index (χ2n) is 5.25. The number of rotatable bonds is 6. The molecule has 1 aromatic carbocycles. The normalized spacial score (nSPS) is 11.2. The monoisotopic (exact) mass is 345 g/mol. The van der Waals surface area contributed by atoms with Gasteiger partial charge in [0.1, 0.15) is 5.82 Å². The number of nitrogens with one attached hydrogen (secondary N) is 1. The number of carbonyl (C=O) groups excluding carboxylic acids is 1. The van der Waals surface area contributed by atoms with Crippen LogP contribution in [0.1, 0.15) is 32.3 Å². The van der Waals surface area contributed by atoms with Gasteiger partial charge < -0.3 is 10.4 Å². The second-order valence-corrected chi connectivity index (χ2v) is 6.11. The Labute approximate surface area is 125 Å². The van der Waals surface area contributed by atoms with Crippen LogP contribution in [0.2, 0.25) is 0 Å². The van der Waals surface area contributed by atoms with Crippen molar-refractivity contribution in [2.24, 2.45) is 0 Å². The molecule has 0 saturated carbocycles. The van der Waals surface area contributed by atoms with Crippen molar-refractivity contribution in [3.05, 3.63) is 34.1 Å². The lowest BCUT2D eigenvalue weighted by molar-refractivity contribution is -0.137. The molecule has 0 aliphatic heterocycles. The first kappa shape index (κ1) is 16.6. The minimum atomic E-state index is -0.901. The van der Waals surface area contributed by atoms with Crippen molar-refractivity contribution < 1.29 is 19.1 Å². The second kappa shape index (κ2) is 6.83. The number of amides is 1. The van der Waals surface area contributed by atoms with Crippen LogP contribution in [0, 0.1) is 5.82 Å². The van der Waals surface area contributed by atoms with Crippen LogP contribution in [-0.4, -0.2) is 22.5 Å². The van der Waals surface area contributed by atoms with E-state index in [0.717, 1.165) is 0 Å². The number of hydrogen-bond acceptors (Lipinski definition) is 2. The van der Waals surface area contributed by atoms with Crippen LogP contribution in [0.25, 0.3) is 0 Å². The fourth-order valence-electron chi connectivity index (χ4n) is 1.74. The Bertz CT molecular complexity index is 517. The molecule has 0 bridgehead atoms. The van der Waals surface area contributed by atoms with Crippen molar-refractivity contribution in [3.8, 4) is 0 Å². The smallest absolute Gasteiger partial charge is 0.303 e. The molecule has 110 valence electrons. The average molecular weight is 346 g/mol. The van der Waals surface area contributed by atoms with E-state index in [2.05, 4.69) is 21.2 Å². The van der Waals surface area contributed by atoms with Crippen LogP contribution in [0.15, 0.2) is 22.7 Å². The molecular formula is C14H17BrFNO3. The minimum absolute atomic E-state index is 0.0137. The molecule has 0 heterocycles. The van der Waals surface area contributed by atoms with Gasteiger partial charge in [-0.05, 0) is 53.9 Å². The van der Waals surface area contributed by atoms with Crippen LogP contribution in [0.3, 0.4) is 0 Å². The summed E-state index contributed by atoms with van der Waals surface area (Å²) < 4.78 is 13.7. The highest BCUT2D eigenvalue weighted by Crippen LogP contribution is 2.17. The summed E-state index contributed by atoms with van der Waals surface area (Å²) in [5.74, 6) is -1.58. The topological polar surface area (TPSA) is 66.4 Å². The highest BCUT2D eigenvalue weighted by atomic mass is 79.9. The molecule has 0 aliphatic rings. The van der Waals surface area contributed by atoms with Crippen molar-refractivity contribution in [2.45, 2.75) is 38.6 Å². The molecule has 0 aromatic heterocycles. The Balaban J connectivity index is 2.58. The molecule has 0 aliphatic carbocycles. The molecule has 6 heteroatoms. The van der Waals surface area contributed by atoms with Gasteiger partial charge in [-0.3, -0.25) is 9.59 Å². The number of halogens is 2. The van der Waals surface area contributed by atoms with Gasteiger partial charge in [-0.1, -0.05) is 6.07 Å². The molecule has 1 aromatic rings. The fourth-order valence-corrected chi connectivity index (χ4v) is 1.99. The van der Waals surface area contributed by atoms with E-state index in [1.807, 2.05) is 0 Å². The van der Waals surface area contributed by atoms with Crippen LogP contribution < -0.4 is 5.32 Å². The largest absolute Gasteiger partial charge is 0.481 e. The third-order valence-electron chi connectivity index (χ3n) is 2.79. The van der Waals surface area contributed by atoms with Crippen LogP contribution >= 0.6 is 15.9 Å². The van der Waals surface area contributed by atoms with E-state index >= 15 is 0 Å². The van der Waals surface area contributed by atoms with Gasteiger partial charge in [0.05, 0.1) is 10.9 Å². The summed E-state index contributed by atoms with van der Waals surface area (Å²) in [6.07, 6.45) is 0.379. The van der Waals surface area contributed by atoms with E-state index < -0.39 is 17.3 Å². The maximum Gasteiger partial charge on any atom is 0.303 e. The Morgan fingerprint density at radius 3 is 2.60 bits per heavy atom. The van der Waals surface area contributed by atoms with Crippen molar-refractivity contribution >= 4 is 27.8 Å². The summed E-state index contributed by atoms with van der Waals surface area (Å²) in [6.45, 7) is 3.52. The molecular weight excluding hydrogens is 329 g/mol. The number of aliphatic carboxylic acids is 1. The highest BCUT2D eigenvalue weighted by molar-refractivity contribution is 9.10. The Kier molecular flexibility index (Phi) is 5.68. The van der Waals surface area contributed by atoms with E-state index in [1.54, 1.807) is 26.0 Å². The fraction of sp³-hybridized carbons (Fsp3) is 0.429. The third-order valence-corrected chi connectivity index (χ3v) is 3.43. The van der Waals surface area contributed by atoms with Gasteiger partial charge in [-0.25, -0.2) is 4.39 Å². The maximum absolute atomic E-state index is 13.3. The van der Waals surface area contributed by atoms with Crippen molar-refractivity contribution in [1.82, 2.24) is 5.32 Å². The molecule has 1 amide bonds. The highest BCUT2D eigenvalue weighted by Gasteiger charge is 2.21. The van der Waals surface area contributed by atoms with Gasteiger partial charge >= 0.3 is 5.97 Å². The summed E-state index contributed by atoms with van der Waals surface area (Å²) in [7, 11) is 0. The van der Waals surface area contributed by atoms with Gasteiger partial charge in [0.2, 0.25) is 5.91 Å². The van der Waals surface area contributed by atoms with Crippen molar-refractivity contribution in [3.63, 3.8) is 0 Å². The summed E-state index contributed by atoms with van der Waals surface area (Å²) in [6, 6.07) is 4.51.